The van der Waals surface area contributed by atoms with Gasteiger partial charge in [0.1, 0.15) is 5.52 Å². The van der Waals surface area contributed by atoms with Gasteiger partial charge in [0.05, 0.1) is 5.52 Å². The Morgan fingerprint density at radius 1 is 1.12 bits per heavy atom. The minimum atomic E-state index is 0.507. The number of nitrogens with zero attached hydrogens (tertiary/aromatic N) is 3. The Hall–Kier alpha value is -1.71. The molecule has 1 heterocycles. The molecule has 88 valence electrons. The number of para-hydroxylation sites is 1. The molecule has 1 aliphatic rings. The van der Waals surface area contributed by atoms with E-state index in [0.29, 0.717) is 12.0 Å². The smallest absolute Gasteiger partial charge is 0.243 e. The maximum atomic E-state index is 4.48. The first kappa shape index (κ1) is 10.4. The highest BCUT2D eigenvalue weighted by Crippen LogP contribution is 2.26. The Labute approximate surface area is 100 Å². The van der Waals surface area contributed by atoms with Crippen molar-refractivity contribution in [1.29, 1.82) is 0 Å². The molecule has 0 saturated heterocycles. The summed E-state index contributed by atoms with van der Waals surface area (Å²) >= 11 is 0. The van der Waals surface area contributed by atoms with Crippen molar-refractivity contribution in [2.45, 2.75) is 32.2 Å². The molecule has 0 radical (unpaired) electrons. The van der Waals surface area contributed by atoms with Gasteiger partial charge in [0.2, 0.25) is 5.95 Å². The number of aromatic nitrogens is 3. The van der Waals surface area contributed by atoms with E-state index in [1.54, 1.807) is 0 Å². The van der Waals surface area contributed by atoms with E-state index in [2.05, 4.69) is 27.4 Å². The molecule has 3 rings (SSSR count). The Balaban J connectivity index is 1.81. The normalized spacial score (nSPS) is 24.1. The second kappa shape index (κ2) is 4.28. The molecule has 1 aromatic heterocycles. The summed E-state index contributed by atoms with van der Waals surface area (Å²) < 4.78 is 0. The Bertz CT molecular complexity index is 526. The lowest BCUT2D eigenvalue weighted by Gasteiger charge is -2.11. The number of benzene rings is 1. The molecule has 4 nitrogen and oxygen atoms in total. The first-order valence-corrected chi connectivity index (χ1v) is 6.17. The van der Waals surface area contributed by atoms with Crippen LogP contribution < -0.4 is 5.32 Å². The summed E-state index contributed by atoms with van der Waals surface area (Å²) in [7, 11) is 0. The van der Waals surface area contributed by atoms with E-state index < -0.39 is 0 Å². The summed E-state index contributed by atoms with van der Waals surface area (Å²) in [6.07, 6.45) is 3.70. The Morgan fingerprint density at radius 2 is 1.94 bits per heavy atom. The highest BCUT2D eigenvalue weighted by atomic mass is 15.2. The third-order valence-corrected chi connectivity index (χ3v) is 3.39. The van der Waals surface area contributed by atoms with Gasteiger partial charge in [-0.3, -0.25) is 0 Å². The molecular weight excluding hydrogens is 212 g/mol. The molecule has 1 aromatic carbocycles. The van der Waals surface area contributed by atoms with Crippen molar-refractivity contribution in [1.82, 2.24) is 15.2 Å². The third-order valence-electron chi connectivity index (χ3n) is 3.39. The second-order valence-corrected chi connectivity index (χ2v) is 4.88. The van der Waals surface area contributed by atoms with Crippen LogP contribution in [0.3, 0.4) is 0 Å². The van der Waals surface area contributed by atoms with E-state index in [1.165, 1.54) is 19.3 Å². The highest BCUT2D eigenvalue weighted by molar-refractivity contribution is 5.74. The number of hydrogen-bond donors (Lipinski definition) is 1. The molecule has 0 aliphatic heterocycles. The molecule has 1 aliphatic carbocycles. The van der Waals surface area contributed by atoms with Gasteiger partial charge >= 0.3 is 0 Å². The fourth-order valence-corrected chi connectivity index (χ4v) is 2.46. The number of anilines is 1. The molecule has 2 atom stereocenters. The number of hydrogen-bond acceptors (Lipinski definition) is 4. The van der Waals surface area contributed by atoms with Crippen LogP contribution >= 0.6 is 0 Å². The van der Waals surface area contributed by atoms with E-state index in [0.717, 1.165) is 17.0 Å². The largest absolute Gasteiger partial charge is 0.350 e. The van der Waals surface area contributed by atoms with E-state index in [9.17, 15) is 0 Å². The van der Waals surface area contributed by atoms with Crippen LogP contribution in [0.1, 0.15) is 26.2 Å². The van der Waals surface area contributed by atoms with E-state index in [-0.39, 0.29) is 0 Å². The molecule has 2 aromatic rings. The van der Waals surface area contributed by atoms with Gasteiger partial charge in [0, 0.05) is 6.04 Å². The van der Waals surface area contributed by atoms with Crippen LogP contribution in [-0.4, -0.2) is 21.2 Å². The third kappa shape index (κ3) is 2.20. The van der Waals surface area contributed by atoms with Gasteiger partial charge in [-0.25, -0.2) is 4.98 Å². The summed E-state index contributed by atoms with van der Waals surface area (Å²) in [6, 6.07) is 8.32. The molecule has 0 bridgehead atoms. The van der Waals surface area contributed by atoms with Crippen LogP contribution in [0.2, 0.25) is 0 Å². The molecule has 17 heavy (non-hydrogen) atoms. The van der Waals surface area contributed by atoms with E-state index >= 15 is 0 Å². The maximum absolute atomic E-state index is 4.48. The van der Waals surface area contributed by atoms with E-state index in [4.69, 9.17) is 0 Å². The van der Waals surface area contributed by atoms with Crippen LogP contribution in [-0.2, 0) is 0 Å². The minimum absolute atomic E-state index is 0.507. The Kier molecular flexibility index (Phi) is 2.63. The van der Waals surface area contributed by atoms with Crippen molar-refractivity contribution in [3.63, 3.8) is 0 Å². The van der Waals surface area contributed by atoms with Gasteiger partial charge in [0.25, 0.3) is 0 Å². The van der Waals surface area contributed by atoms with Crippen LogP contribution in [0.25, 0.3) is 11.0 Å². The summed E-state index contributed by atoms with van der Waals surface area (Å²) in [4.78, 5) is 4.48. The average Bonchev–Trinajstić information content (AvgIpc) is 2.75. The predicted molar refractivity (Wildman–Crippen MR) is 67.8 cm³/mol. The number of fused-ring (bicyclic) bond motifs is 1. The lowest BCUT2D eigenvalue weighted by molar-refractivity contribution is 0.601. The van der Waals surface area contributed by atoms with Gasteiger partial charge in [-0.15, -0.1) is 10.2 Å². The molecular formula is C13H16N4. The molecule has 1 saturated carbocycles. The fraction of sp³-hybridized carbons (Fsp3) is 0.462. The quantitative estimate of drug-likeness (QED) is 0.858. The standard InChI is InChI=1S/C13H16N4/c1-9-6-7-10(8-9)14-13-15-11-4-2-3-5-12(11)16-17-13/h2-5,9-10H,6-8H2,1H3,(H,14,15,17). The molecule has 0 amide bonds. The molecule has 0 spiro atoms. The Morgan fingerprint density at radius 3 is 2.71 bits per heavy atom. The topological polar surface area (TPSA) is 50.7 Å². The zero-order valence-electron chi connectivity index (χ0n) is 9.93. The molecule has 4 heteroatoms. The zero-order chi connectivity index (χ0) is 11.7. The average molecular weight is 228 g/mol. The molecule has 2 unspecified atom stereocenters. The first-order valence-electron chi connectivity index (χ1n) is 6.17. The summed E-state index contributed by atoms with van der Waals surface area (Å²) in [6.45, 7) is 2.29. The number of nitrogens with one attached hydrogen (secondary N) is 1. The van der Waals surface area contributed by atoms with Crippen molar-refractivity contribution < 1.29 is 0 Å². The summed E-state index contributed by atoms with van der Waals surface area (Å²) in [5.74, 6) is 1.46. The lowest BCUT2D eigenvalue weighted by Crippen LogP contribution is -2.17. The van der Waals surface area contributed by atoms with Gasteiger partial charge < -0.3 is 5.32 Å². The minimum Gasteiger partial charge on any atom is -0.350 e. The van der Waals surface area contributed by atoms with Gasteiger partial charge in [-0.2, -0.15) is 0 Å². The highest BCUT2D eigenvalue weighted by Gasteiger charge is 2.21. The van der Waals surface area contributed by atoms with Crippen molar-refractivity contribution in [3.8, 4) is 0 Å². The summed E-state index contributed by atoms with van der Waals surface area (Å²) in [5.41, 5.74) is 1.74. The fourth-order valence-electron chi connectivity index (χ4n) is 2.46. The van der Waals surface area contributed by atoms with Crippen LogP contribution in [0, 0.1) is 5.92 Å². The summed E-state index contributed by atoms with van der Waals surface area (Å²) in [5, 5.41) is 11.7. The van der Waals surface area contributed by atoms with E-state index in [1.807, 2.05) is 24.3 Å². The van der Waals surface area contributed by atoms with Crippen LogP contribution in [0.5, 0.6) is 0 Å². The van der Waals surface area contributed by atoms with Gasteiger partial charge in [-0.1, -0.05) is 19.1 Å². The lowest BCUT2D eigenvalue weighted by atomic mass is 10.1. The predicted octanol–water partition coefficient (Wildman–Crippen LogP) is 2.63. The number of rotatable bonds is 2. The monoisotopic (exact) mass is 228 g/mol. The first-order chi connectivity index (χ1) is 8.31. The second-order valence-electron chi connectivity index (χ2n) is 4.88. The molecule has 1 N–H and O–H groups in total. The van der Waals surface area contributed by atoms with Gasteiger partial charge in [-0.05, 0) is 37.3 Å². The zero-order valence-corrected chi connectivity index (χ0v) is 9.93. The molecule has 1 fully saturated rings. The van der Waals surface area contributed by atoms with Crippen molar-refractivity contribution >= 4 is 17.0 Å². The van der Waals surface area contributed by atoms with Gasteiger partial charge in [0.15, 0.2) is 0 Å². The maximum Gasteiger partial charge on any atom is 0.243 e. The van der Waals surface area contributed by atoms with Crippen LogP contribution in [0.15, 0.2) is 24.3 Å². The van der Waals surface area contributed by atoms with Crippen molar-refractivity contribution in [2.75, 3.05) is 5.32 Å². The van der Waals surface area contributed by atoms with Crippen molar-refractivity contribution in [2.24, 2.45) is 5.92 Å². The van der Waals surface area contributed by atoms with Crippen LogP contribution in [0.4, 0.5) is 5.95 Å². The SMILES string of the molecule is CC1CCC(Nc2nnc3ccccc3n2)C1. The van der Waals surface area contributed by atoms with Crippen molar-refractivity contribution in [3.05, 3.63) is 24.3 Å².